The van der Waals surface area contributed by atoms with Crippen LogP contribution < -0.4 is 5.63 Å². The summed E-state index contributed by atoms with van der Waals surface area (Å²) in [5, 5.41) is 0.643. The fraction of sp³-hybridized carbons (Fsp3) is 0.238. The highest BCUT2D eigenvalue weighted by atomic mass is 32.2. The van der Waals surface area contributed by atoms with Crippen LogP contribution in [0.3, 0.4) is 0 Å². The summed E-state index contributed by atoms with van der Waals surface area (Å²) in [6, 6.07) is 17.3. The molecule has 0 radical (unpaired) electrons. The lowest BCUT2D eigenvalue weighted by Crippen LogP contribution is -2.42. The minimum atomic E-state index is -3.19. The average Bonchev–Trinajstić information content (AvgIpc) is 3.05. The van der Waals surface area contributed by atoms with Crippen LogP contribution in [0.15, 0.2) is 69.9 Å². The number of hydrogen-bond acceptors (Lipinski definition) is 5. The number of fused-ring (bicyclic) bond motifs is 1. The number of hydrogen-bond donors (Lipinski definition) is 0. The Kier molecular flexibility index (Phi) is 4.77. The monoisotopic (exact) mass is 397 g/mol. The SMILES string of the molecule is O=C(c1cc2ccccc2oc1=O)N(Cc1ccccc1)C1CCS(=O)(=O)C1. The zero-order valence-corrected chi connectivity index (χ0v) is 15.9. The van der Waals surface area contributed by atoms with Crippen molar-refractivity contribution in [3.8, 4) is 0 Å². The second-order valence-corrected chi connectivity index (χ2v) is 9.19. The molecule has 144 valence electrons. The molecular weight excluding hydrogens is 378 g/mol. The van der Waals surface area contributed by atoms with E-state index < -0.39 is 27.4 Å². The van der Waals surface area contributed by atoms with Crippen LogP contribution in [0.5, 0.6) is 0 Å². The third-order valence-corrected chi connectivity index (χ3v) is 6.73. The van der Waals surface area contributed by atoms with Gasteiger partial charge in [0.25, 0.3) is 5.91 Å². The van der Waals surface area contributed by atoms with Crippen molar-refractivity contribution in [1.29, 1.82) is 0 Å². The van der Waals surface area contributed by atoms with Gasteiger partial charge in [-0.2, -0.15) is 0 Å². The van der Waals surface area contributed by atoms with Gasteiger partial charge in [0.1, 0.15) is 11.1 Å². The average molecular weight is 397 g/mol. The van der Waals surface area contributed by atoms with Crippen LogP contribution in [0.1, 0.15) is 22.3 Å². The van der Waals surface area contributed by atoms with E-state index >= 15 is 0 Å². The number of rotatable bonds is 4. The third kappa shape index (κ3) is 3.71. The molecule has 1 fully saturated rings. The van der Waals surface area contributed by atoms with E-state index in [2.05, 4.69) is 0 Å². The van der Waals surface area contributed by atoms with Crippen molar-refractivity contribution in [2.24, 2.45) is 0 Å². The number of carbonyl (C=O) groups excluding carboxylic acids is 1. The third-order valence-electron chi connectivity index (χ3n) is 4.98. The Labute approximate surface area is 162 Å². The van der Waals surface area contributed by atoms with Crippen molar-refractivity contribution in [3.63, 3.8) is 0 Å². The summed E-state index contributed by atoms with van der Waals surface area (Å²) >= 11 is 0. The lowest BCUT2D eigenvalue weighted by atomic mass is 10.1. The van der Waals surface area contributed by atoms with Gasteiger partial charge in [-0.3, -0.25) is 4.79 Å². The number of sulfone groups is 1. The van der Waals surface area contributed by atoms with Crippen molar-refractivity contribution in [2.75, 3.05) is 11.5 Å². The van der Waals surface area contributed by atoms with Crippen molar-refractivity contribution in [2.45, 2.75) is 19.0 Å². The van der Waals surface area contributed by atoms with Gasteiger partial charge in [-0.15, -0.1) is 0 Å². The summed E-state index contributed by atoms with van der Waals surface area (Å²) in [5.41, 5.74) is 0.467. The Hall–Kier alpha value is -2.93. The maximum absolute atomic E-state index is 13.3. The standard InChI is InChI=1S/C21H19NO5S/c23-20(18-12-16-8-4-5-9-19(16)27-21(18)24)22(13-15-6-2-1-3-7-15)17-10-11-28(25,26)14-17/h1-9,12,17H,10-11,13-14H2. The highest BCUT2D eigenvalue weighted by Gasteiger charge is 2.36. The second-order valence-electron chi connectivity index (χ2n) is 6.96. The molecule has 0 saturated carbocycles. The van der Waals surface area contributed by atoms with E-state index in [-0.39, 0.29) is 23.6 Å². The molecule has 1 unspecified atom stereocenters. The molecule has 1 saturated heterocycles. The quantitative estimate of drug-likeness (QED) is 0.632. The van der Waals surface area contributed by atoms with Crippen LogP contribution >= 0.6 is 0 Å². The van der Waals surface area contributed by atoms with E-state index in [1.165, 1.54) is 11.0 Å². The lowest BCUT2D eigenvalue weighted by molar-refractivity contribution is 0.0676. The molecular formula is C21H19NO5S. The molecule has 7 heteroatoms. The van der Waals surface area contributed by atoms with Gasteiger partial charge in [0.2, 0.25) is 0 Å². The molecule has 1 aliphatic heterocycles. The van der Waals surface area contributed by atoms with E-state index in [4.69, 9.17) is 4.42 Å². The highest BCUT2D eigenvalue weighted by Crippen LogP contribution is 2.23. The zero-order valence-electron chi connectivity index (χ0n) is 15.1. The Morgan fingerprint density at radius 1 is 1.07 bits per heavy atom. The van der Waals surface area contributed by atoms with Gasteiger partial charge in [-0.05, 0) is 24.1 Å². The molecule has 0 aliphatic carbocycles. The number of nitrogens with zero attached hydrogens (tertiary/aromatic N) is 1. The largest absolute Gasteiger partial charge is 0.422 e. The summed E-state index contributed by atoms with van der Waals surface area (Å²) in [7, 11) is -3.19. The molecule has 0 bridgehead atoms. The topological polar surface area (TPSA) is 84.7 Å². The van der Waals surface area contributed by atoms with Crippen molar-refractivity contribution in [1.82, 2.24) is 4.90 Å². The van der Waals surface area contributed by atoms with Crippen LogP contribution in [0.25, 0.3) is 11.0 Å². The maximum atomic E-state index is 13.3. The first-order chi connectivity index (χ1) is 13.4. The number of carbonyl (C=O) groups is 1. The Bertz CT molecular complexity index is 1180. The number of amides is 1. The Balaban J connectivity index is 1.74. The first-order valence-corrected chi connectivity index (χ1v) is 10.8. The normalized spacial score (nSPS) is 18.2. The number of benzene rings is 2. The van der Waals surface area contributed by atoms with Crippen LogP contribution in [0, 0.1) is 0 Å². The molecule has 2 heterocycles. The minimum absolute atomic E-state index is 0.0442. The Morgan fingerprint density at radius 2 is 1.79 bits per heavy atom. The van der Waals surface area contributed by atoms with Gasteiger partial charge in [-0.25, -0.2) is 13.2 Å². The second kappa shape index (κ2) is 7.24. The van der Waals surface area contributed by atoms with Gasteiger partial charge < -0.3 is 9.32 Å². The summed E-state index contributed by atoms with van der Waals surface area (Å²) in [4.78, 5) is 27.2. The van der Waals surface area contributed by atoms with E-state index in [1.54, 1.807) is 24.3 Å². The maximum Gasteiger partial charge on any atom is 0.349 e. The lowest BCUT2D eigenvalue weighted by Gasteiger charge is -2.28. The predicted octanol–water partition coefficient (Wildman–Crippen LogP) is 2.62. The van der Waals surface area contributed by atoms with E-state index in [0.29, 0.717) is 17.4 Å². The molecule has 0 spiro atoms. The van der Waals surface area contributed by atoms with Crippen molar-refractivity contribution in [3.05, 3.63) is 82.2 Å². The summed E-state index contributed by atoms with van der Waals surface area (Å²) in [6.45, 7) is 0.228. The molecule has 4 rings (SSSR count). The van der Waals surface area contributed by atoms with Crippen LogP contribution in [0.2, 0.25) is 0 Å². The van der Waals surface area contributed by atoms with Gasteiger partial charge in [0.05, 0.1) is 11.5 Å². The zero-order chi connectivity index (χ0) is 19.7. The van der Waals surface area contributed by atoms with Crippen LogP contribution in [0.4, 0.5) is 0 Å². The molecule has 28 heavy (non-hydrogen) atoms. The van der Waals surface area contributed by atoms with Crippen molar-refractivity contribution < 1.29 is 17.6 Å². The highest BCUT2D eigenvalue weighted by molar-refractivity contribution is 7.91. The first-order valence-electron chi connectivity index (χ1n) is 9.01. The molecule has 1 aliphatic rings. The molecule has 6 nitrogen and oxygen atoms in total. The van der Waals surface area contributed by atoms with Gasteiger partial charge in [0, 0.05) is 18.0 Å². The molecule has 1 amide bonds. The van der Waals surface area contributed by atoms with Gasteiger partial charge in [-0.1, -0.05) is 48.5 Å². The smallest absolute Gasteiger partial charge is 0.349 e. The van der Waals surface area contributed by atoms with Crippen LogP contribution in [-0.2, 0) is 16.4 Å². The predicted molar refractivity (Wildman–Crippen MR) is 106 cm³/mol. The van der Waals surface area contributed by atoms with E-state index in [1.807, 2.05) is 30.3 Å². The van der Waals surface area contributed by atoms with Crippen LogP contribution in [-0.4, -0.2) is 36.8 Å². The first kappa shape index (κ1) is 18.4. The number of para-hydroxylation sites is 1. The van der Waals surface area contributed by atoms with Gasteiger partial charge in [0.15, 0.2) is 9.84 Å². The van der Waals surface area contributed by atoms with Gasteiger partial charge >= 0.3 is 5.63 Å². The summed E-state index contributed by atoms with van der Waals surface area (Å²) < 4.78 is 29.3. The molecule has 1 atom stereocenters. The summed E-state index contributed by atoms with van der Waals surface area (Å²) in [5.74, 6) is -0.557. The summed E-state index contributed by atoms with van der Waals surface area (Å²) in [6.07, 6.45) is 0.361. The molecule has 1 aromatic heterocycles. The minimum Gasteiger partial charge on any atom is -0.422 e. The molecule has 3 aromatic rings. The van der Waals surface area contributed by atoms with E-state index in [0.717, 1.165) is 5.56 Å². The fourth-order valence-electron chi connectivity index (χ4n) is 3.53. The Morgan fingerprint density at radius 3 is 2.50 bits per heavy atom. The van der Waals surface area contributed by atoms with E-state index in [9.17, 15) is 18.0 Å². The molecule has 0 N–H and O–H groups in total. The van der Waals surface area contributed by atoms with Crippen molar-refractivity contribution >= 4 is 26.7 Å². The fourth-order valence-corrected chi connectivity index (χ4v) is 5.26. The molecule has 2 aromatic carbocycles.